The molecule has 0 bridgehead atoms. The molecule has 2 fully saturated rings. The molecule has 2 unspecified atom stereocenters. The molecule has 2 saturated heterocycles. The van der Waals surface area contributed by atoms with Gasteiger partial charge in [-0.2, -0.15) is 0 Å². The Balaban J connectivity index is 1.78. The van der Waals surface area contributed by atoms with Crippen LogP contribution in [0.5, 0.6) is 0 Å². The zero-order valence-corrected chi connectivity index (χ0v) is 9.52. The first-order valence-electron chi connectivity index (χ1n) is 5.44. The molecule has 82 valence electrons. The molecular weight excluding hydrogens is 198 g/mol. The average Bonchev–Trinajstić information content (AvgIpc) is 2.14. The van der Waals surface area contributed by atoms with E-state index in [1.165, 1.54) is 0 Å². The Hall–Kier alpha value is 0.230. The lowest BCUT2D eigenvalue weighted by Gasteiger charge is -2.36. The van der Waals surface area contributed by atoms with Gasteiger partial charge in [0, 0.05) is 17.9 Å². The monoisotopic (exact) mass is 217 g/mol. The van der Waals surface area contributed by atoms with Crippen molar-refractivity contribution >= 4 is 11.8 Å². The number of thioether (sulfide) groups is 1. The summed E-state index contributed by atoms with van der Waals surface area (Å²) in [6, 6.07) is 0.638. The molecule has 0 aromatic carbocycles. The van der Waals surface area contributed by atoms with E-state index in [-0.39, 0.29) is 0 Å². The van der Waals surface area contributed by atoms with Crippen molar-refractivity contribution in [3.05, 3.63) is 0 Å². The van der Waals surface area contributed by atoms with E-state index in [0.717, 1.165) is 39.4 Å². The Morgan fingerprint density at radius 1 is 1.29 bits per heavy atom. The van der Waals surface area contributed by atoms with Gasteiger partial charge in [-0.3, -0.25) is 0 Å². The summed E-state index contributed by atoms with van der Waals surface area (Å²) in [5.41, 5.74) is 0. The van der Waals surface area contributed by atoms with Crippen molar-refractivity contribution in [3.8, 4) is 0 Å². The first-order valence-corrected chi connectivity index (χ1v) is 6.38. The predicted octanol–water partition coefficient (Wildman–Crippen LogP) is 0.885. The van der Waals surface area contributed by atoms with Crippen molar-refractivity contribution in [1.82, 2.24) is 5.32 Å². The zero-order chi connectivity index (χ0) is 9.80. The van der Waals surface area contributed by atoms with Crippen LogP contribution in [0.25, 0.3) is 0 Å². The van der Waals surface area contributed by atoms with Crippen molar-refractivity contribution in [2.24, 2.45) is 0 Å². The molecule has 4 heteroatoms. The lowest BCUT2D eigenvalue weighted by atomic mass is 10.1. The number of nitrogens with one attached hydrogen (secondary N) is 1. The average molecular weight is 217 g/mol. The molecule has 0 radical (unpaired) electrons. The fourth-order valence-corrected chi connectivity index (χ4v) is 3.32. The van der Waals surface area contributed by atoms with Gasteiger partial charge in [-0.1, -0.05) is 6.92 Å². The molecule has 2 rings (SSSR count). The SMILES string of the molecule is CCNC1CCOCC1SC1COC1. The molecular formula is C10H19NO2S. The van der Waals surface area contributed by atoms with Crippen LogP contribution in [0.2, 0.25) is 0 Å². The normalized spacial score (nSPS) is 34.1. The highest BCUT2D eigenvalue weighted by Gasteiger charge is 2.30. The van der Waals surface area contributed by atoms with Crippen LogP contribution in [-0.4, -0.2) is 49.5 Å². The van der Waals surface area contributed by atoms with Gasteiger partial charge in [0.15, 0.2) is 0 Å². The maximum atomic E-state index is 5.53. The molecule has 14 heavy (non-hydrogen) atoms. The smallest absolute Gasteiger partial charge is 0.0608 e. The molecule has 3 nitrogen and oxygen atoms in total. The summed E-state index contributed by atoms with van der Waals surface area (Å²) in [6.07, 6.45) is 1.15. The van der Waals surface area contributed by atoms with Crippen LogP contribution in [-0.2, 0) is 9.47 Å². The van der Waals surface area contributed by atoms with Crippen LogP contribution < -0.4 is 5.32 Å². The van der Waals surface area contributed by atoms with Gasteiger partial charge >= 0.3 is 0 Å². The van der Waals surface area contributed by atoms with Crippen molar-refractivity contribution in [3.63, 3.8) is 0 Å². The van der Waals surface area contributed by atoms with E-state index in [4.69, 9.17) is 9.47 Å². The maximum Gasteiger partial charge on any atom is 0.0608 e. The summed E-state index contributed by atoms with van der Waals surface area (Å²) in [5.74, 6) is 0. The van der Waals surface area contributed by atoms with Crippen LogP contribution in [0.3, 0.4) is 0 Å². The van der Waals surface area contributed by atoms with Gasteiger partial charge in [-0.05, 0) is 13.0 Å². The summed E-state index contributed by atoms with van der Waals surface area (Å²) in [4.78, 5) is 0. The van der Waals surface area contributed by atoms with Gasteiger partial charge in [0.05, 0.1) is 25.1 Å². The Bertz CT molecular complexity index is 174. The second kappa shape index (κ2) is 5.35. The van der Waals surface area contributed by atoms with Gasteiger partial charge < -0.3 is 14.8 Å². The van der Waals surface area contributed by atoms with Crippen LogP contribution in [0.4, 0.5) is 0 Å². The summed E-state index contributed by atoms with van der Waals surface area (Å²) >= 11 is 2.04. The molecule has 0 aromatic rings. The number of ether oxygens (including phenoxy) is 2. The summed E-state index contributed by atoms with van der Waals surface area (Å²) in [5, 5.41) is 4.88. The Labute approximate surface area is 89.9 Å². The van der Waals surface area contributed by atoms with E-state index in [1.807, 2.05) is 11.8 Å². The van der Waals surface area contributed by atoms with Crippen molar-refractivity contribution in [2.45, 2.75) is 29.9 Å². The third-order valence-electron chi connectivity index (χ3n) is 2.75. The molecule has 0 amide bonds. The van der Waals surface area contributed by atoms with Gasteiger partial charge in [-0.15, -0.1) is 11.8 Å². The zero-order valence-electron chi connectivity index (χ0n) is 8.70. The van der Waals surface area contributed by atoms with Gasteiger partial charge in [0.2, 0.25) is 0 Å². The van der Waals surface area contributed by atoms with E-state index in [9.17, 15) is 0 Å². The molecule has 0 aliphatic carbocycles. The lowest BCUT2D eigenvalue weighted by molar-refractivity contribution is 0.0432. The minimum absolute atomic E-state index is 0.623. The van der Waals surface area contributed by atoms with Crippen molar-refractivity contribution in [1.29, 1.82) is 0 Å². The minimum atomic E-state index is 0.623. The number of hydrogen-bond donors (Lipinski definition) is 1. The van der Waals surface area contributed by atoms with Crippen LogP contribution in [0.15, 0.2) is 0 Å². The topological polar surface area (TPSA) is 30.5 Å². The molecule has 0 spiro atoms. The predicted molar refractivity (Wildman–Crippen MR) is 58.9 cm³/mol. The summed E-state index contributed by atoms with van der Waals surface area (Å²) in [6.45, 7) is 6.90. The second-order valence-electron chi connectivity index (χ2n) is 3.86. The summed E-state index contributed by atoms with van der Waals surface area (Å²) < 4.78 is 10.7. The number of hydrogen-bond acceptors (Lipinski definition) is 4. The molecule has 1 N–H and O–H groups in total. The van der Waals surface area contributed by atoms with Crippen LogP contribution in [0, 0.1) is 0 Å². The fourth-order valence-electron chi connectivity index (χ4n) is 1.88. The highest BCUT2D eigenvalue weighted by molar-refractivity contribution is 8.00. The second-order valence-corrected chi connectivity index (χ2v) is 5.41. The molecule has 0 saturated carbocycles. The van der Waals surface area contributed by atoms with Crippen molar-refractivity contribution in [2.75, 3.05) is 33.0 Å². The highest BCUT2D eigenvalue weighted by Crippen LogP contribution is 2.29. The Morgan fingerprint density at radius 2 is 2.14 bits per heavy atom. The van der Waals surface area contributed by atoms with E-state index in [0.29, 0.717) is 16.5 Å². The van der Waals surface area contributed by atoms with Crippen LogP contribution >= 0.6 is 11.8 Å². The van der Waals surface area contributed by atoms with Crippen molar-refractivity contribution < 1.29 is 9.47 Å². The first-order chi connectivity index (χ1) is 6.90. The largest absolute Gasteiger partial charge is 0.380 e. The van der Waals surface area contributed by atoms with E-state index in [1.54, 1.807) is 0 Å². The third-order valence-corrected chi connectivity index (χ3v) is 4.22. The fraction of sp³-hybridized carbons (Fsp3) is 1.00. The Kier molecular flexibility index (Phi) is 4.10. The Morgan fingerprint density at radius 3 is 2.79 bits per heavy atom. The molecule has 2 aliphatic rings. The molecule has 2 aliphatic heterocycles. The van der Waals surface area contributed by atoms with E-state index >= 15 is 0 Å². The lowest BCUT2D eigenvalue weighted by Crippen LogP contribution is -2.47. The molecule has 0 aromatic heterocycles. The van der Waals surface area contributed by atoms with E-state index < -0.39 is 0 Å². The minimum Gasteiger partial charge on any atom is -0.380 e. The molecule has 2 heterocycles. The standard InChI is InChI=1S/C10H19NO2S/c1-2-11-9-3-4-12-7-10(9)14-8-5-13-6-8/h8-11H,2-7H2,1H3. The molecule has 2 atom stereocenters. The van der Waals surface area contributed by atoms with Crippen LogP contribution in [0.1, 0.15) is 13.3 Å². The maximum absolute atomic E-state index is 5.53. The third kappa shape index (κ3) is 2.63. The van der Waals surface area contributed by atoms with E-state index in [2.05, 4.69) is 12.2 Å². The van der Waals surface area contributed by atoms with Gasteiger partial charge in [-0.25, -0.2) is 0 Å². The van der Waals surface area contributed by atoms with Gasteiger partial charge in [0.1, 0.15) is 0 Å². The summed E-state index contributed by atoms with van der Waals surface area (Å²) in [7, 11) is 0. The highest BCUT2D eigenvalue weighted by atomic mass is 32.2. The first kappa shape index (κ1) is 10.7. The number of rotatable bonds is 4. The quantitative estimate of drug-likeness (QED) is 0.757. The van der Waals surface area contributed by atoms with Gasteiger partial charge in [0.25, 0.3) is 0 Å².